The molecule has 0 spiro atoms. The van der Waals surface area contributed by atoms with E-state index >= 15 is 0 Å². The normalized spacial score (nSPS) is 2.40. The summed E-state index contributed by atoms with van der Waals surface area (Å²) in [5.41, 5.74) is 0. The minimum atomic E-state index is 0. The van der Waals surface area contributed by atoms with Crippen molar-refractivity contribution in [3.8, 4) is 0 Å². The summed E-state index contributed by atoms with van der Waals surface area (Å²) in [6, 6.07) is 0. The van der Waals surface area contributed by atoms with Gasteiger partial charge in [-0.15, -0.1) is 4.91 Å². The van der Waals surface area contributed by atoms with E-state index in [2.05, 4.69) is 0 Å². The largest absolute Gasteiger partial charge is 0.379 e. The first-order valence-electron chi connectivity index (χ1n) is 0.383. The van der Waals surface area contributed by atoms with Gasteiger partial charge in [-0.3, -0.25) is 0 Å². The molecular weight excluding hydrogens is 278 g/mol. The Kier molecular flexibility index (Phi) is 55.5. The van der Waals surface area contributed by atoms with Gasteiger partial charge in [-0.1, -0.05) is 0 Å². The molecule has 0 unspecified atom stereocenters. The molecule has 0 aliphatic rings. The van der Waals surface area contributed by atoms with Crippen LogP contribution < -0.4 is 0 Å². The predicted octanol–water partition coefficient (Wildman–Crippen LogP) is 0.140. The molecule has 0 saturated carbocycles. The third-order valence-electron chi connectivity index (χ3n) is 0. The fourth-order valence-corrected chi connectivity index (χ4v) is 0. The summed E-state index contributed by atoms with van der Waals surface area (Å²) in [5, 5.41) is 7.89. The molecule has 0 aromatic rings. The van der Waals surface area contributed by atoms with Crippen molar-refractivity contribution >= 4 is 0 Å². The number of hydrogen-bond acceptors (Lipinski definition) is 2. The van der Waals surface area contributed by atoms with Crippen LogP contribution in [0.2, 0.25) is 0 Å². The summed E-state index contributed by atoms with van der Waals surface area (Å²) in [7, 11) is 0. The average molecular weight is 279 g/mol. The van der Waals surface area contributed by atoms with E-state index in [0.29, 0.717) is 0 Å². The van der Waals surface area contributed by atoms with Crippen molar-refractivity contribution in [2.45, 2.75) is 0 Å². The van der Waals surface area contributed by atoms with E-state index in [9.17, 15) is 0 Å². The monoisotopic (exact) mass is 278 g/mol. The van der Waals surface area contributed by atoms with Gasteiger partial charge in [-0.05, 0) is 0 Å². The molecule has 0 atom stereocenters. The van der Waals surface area contributed by atoms with Crippen LogP contribution in [0.3, 0.4) is 0 Å². The van der Waals surface area contributed by atoms with Crippen LogP contribution in [-0.2, 0) is 26.2 Å². The van der Waals surface area contributed by atoms with Crippen LogP contribution in [0, 0.1) is 46.2 Å². The molecule has 0 amide bonds. The first-order valence-corrected chi connectivity index (χ1v) is 0.383. The molecule has 0 aliphatic heterocycles. The van der Waals surface area contributed by atoms with E-state index in [4.69, 9.17) is 10.1 Å². The maximum Gasteiger partial charge on any atom is 0.152 e. The third-order valence-corrected chi connectivity index (χ3v) is 0. The maximum atomic E-state index is 8.11. The van der Waals surface area contributed by atoms with Gasteiger partial charge in [0.25, 0.3) is 0 Å². The molecule has 0 rings (SSSR count). The topological polar surface area (TPSA) is 49.7 Å². The van der Waals surface area contributed by atoms with Crippen LogP contribution in [0.4, 0.5) is 0 Å². The zero-order chi connectivity index (χ0) is 2.71. The summed E-state index contributed by atoms with van der Waals surface area (Å²) in [6.07, 6.45) is 0. The molecular formula is HNO2PrZr. The van der Waals surface area contributed by atoms with Crippen molar-refractivity contribution in [2.75, 3.05) is 0 Å². The quantitative estimate of drug-likeness (QED) is 0.506. The van der Waals surface area contributed by atoms with Crippen molar-refractivity contribution in [3.63, 3.8) is 0 Å². The maximum absolute atomic E-state index is 8.11. The minimum Gasteiger partial charge on any atom is -0.379 e. The Morgan fingerprint density at radius 1 is 1.60 bits per heavy atom. The molecule has 0 aliphatic carbocycles. The summed E-state index contributed by atoms with van der Waals surface area (Å²) < 4.78 is 0. The van der Waals surface area contributed by atoms with Gasteiger partial charge in [-0.25, -0.2) is 0 Å². The van der Waals surface area contributed by atoms with E-state index in [1.54, 1.807) is 0 Å². The van der Waals surface area contributed by atoms with Gasteiger partial charge in [0.2, 0.25) is 0 Å². The summed E-state index contributed by atoms with van der Waals surface area (Å²) >= 11 is 0. The van der Waals surface area contributed by atoms with Gasteiger partial charge in [0.1, 0.15) is 0 Å². The van der Waals surface area contributed by atoms with Crippen molar-refractivity contribution in [1.29, 1.82) is 0 Å². The Morgan fingerprint density at radius 3 is 1.60 bits per heavy atom. The van der Waals surface area contributed by atoms with Gasteiger partial charge < -0.3 is 5.21 Å². The zero-order valence-electron chi connectivity index (χ0n) is 2.38. The van der Waals surface area contributed by atoms with Gasteiger partial charge in [0, 0.05) is 67.5 Å². The van der Waals surface area contributed by atoms with Crippen molar-refractivity contribution in [3.05, 3.63) is 4.91 Å². The Hall–Kier alpha value is 1.65. The van der Waals surface area contributed by atoms with E-state index in [1.807, 2.05) is 0 Å². The number of nitrogens with zero attached hydrogens (tertiary/aromatic N) is 1. The first-order chi connectivity index (χ1) is 1.41. The molecule has 5 heavy (non-hydrogen) atoms. The molecule has 25 valence electrons. The Bertz CT molecular complexity index is 17.1. The van der Waals surface area contributed by atoms with E-state index in [1.165, 1.54) is 5.34 Å². The molecule has 5 heteroatoms. The SMILES string of the molecule is O=NO.[Pr].[Zr]. The smallest absolute Gasteiger partial charge is 0.152 e. The molecule has 0 fully saturated rings. The van der Waals surface area contributed by atoms with Crippen molar-refractivity contribution in [1.82, 2.24) is 0 Å². The second-order valence-corrected chi connectivity index (χ2v) is 0.0816. The molecule has 1 radical (unpaired) electrons. The zero-order valence-corrected chi connectivity index (χ0v) is 8.54. The van der Waals surface area contributed by atoms with Crippen LogP contribution in [0.25, 0.3) is 0 Å². The third kappa shape index (κ3) is 27.7. The van der Waals surface area contributed by atoms with E-state index in [-0.39, 0.29) is 67.5 Å². The van der Waals surface area contributed by atoms with Crippen molar-refractivity contribution < 1.29 is 72.7 Å². The molecule has 1 N–H and O–H groups in total. The number of rotatable bonds is 0. The second-order valence-electron chi connectivity index (χ2n) is 0.0816. The van der Waals surface area contributed by atoms with Gasteiger partial charge >= 0.3 is 0 Å². The Morgan fingerprint density at radius 2 is 1.60 bits per heavy atom. The molecule has 0 bridgehead atoms. The van der Waals surface area contributed by atoms with Crippen LogP contribution in [0.15, 0.2) is 5.34 Å². The van der Waals surface area contributed by atoms with Crippen LogP contribution in [-0.4, -0.2) is 5.21 Å². The van der Waals surface area contributed by atoms with Crippen LogP contribution >= 0.6 is 0 Å². The predicted molar refractivity (Wildman–Crippen MR) is 7.58 cm³/mol. The molecule has 0 heterocycles. The summed E-state index contributed by atoms with van der Waals surface area (Å²) in [5.74, 6) is 0. The average Bonchev–Trinajstić information content (AvgIpc) is 0.918. The Balaban J connectivity index is -0.0000000200. The van der Waals surface area contributed by atoms with Gasteiger partial charge in [0.15, 0.2) is 5.34 Å². The molecule has 0 saturated heterocycles. The molecule has 3 nitrogen and oxygen atoms in total. The van der Waals surface area contributed by atoms with Gasteiger partial charge in [0.05, 0.1) is 0 Å². The minimum absolute atomic E-state index is 0. The van der Waals surface area contributed by atoms with Gasteiger partial charge in [-0.2, -0.15) is 0 Å². The summed E-state index contributed by atoms with van der Waals surface area (Å²) in [6.45, 7) is 0. The van der Waals surface area contributed by atoms with Crippen LogP contribution in [0.5, 0.6) is 0 Å². The fraction of sp³-hybridized carbons (Fsp3) is 0. The van der Waals surface area contributed by atoms with E-state index < -0.39 is 0 Å². The fourth-order valence-electron chi connectivity index (χ4n) is 0. The summed E-state index contributed by atoms with van der Waals surface area (Å²) in [4.78, 5) is 8.11. The van der Waals surface area contributed by atoms with E-state index in [0.717, 1.165) is 0 Å². The van der Waals surface area contributed by atoms with Crippen molar-refractivity contribution in [2.24, 2.45) is 5.34 Å². The van der Waals surface area contributed by atoms with Crippen LogP contribution in [0.1, 0.15) is 0 Å². The second kappa shape index (κ2) is 17.4. The molecule has 0 aromatic heterocycles. The first kappa shape index (κ1) is 15.9. The number of hydrogen-bond donors (Lipinski definition) is 1. The molecule has 0 aromatic carbocycles. The Labute approximate surface area is 81.5 Å². The standard InChI is InChI=1S/HNO2.Pr.Zr/c2-1-3;;/h(H,2,3);;.